The smallest absolute Gasteiger partial charge is 0.329 e. The minimum absolute atomic E-state index is 0.219. The van der Waals surface area contributed by atoms with Gasteiger partial charge in [0.25, 0.3) is 5.56 Å². The molecular formula is C22H18FN5O4. The number of halogens is 1. The Morgan fingerprint density at radius 2 is 1.78 bits per heavy atom. The maximum atomic E-state index is 13.6. The average molecular weight is 435 g/mol. The molecule has 3 aromatic heterocycles. The van der Waals surface area contributed by atoms with Gasteiger partial charge in [-0.15, -0.1) is 0 Å². The molecular weight excluding hydrogens is 417 g/mol. The lowest BCUT2D eigenvalue weighted by Gasteiger charge is -2.14. The quantitative estimate of drug-likeness (QED) is 0.468. The molecule has 0 saturated carbocycles. The Kier molecular flexibility index (Phi) is 4.36. The minimum Gasteiger partial charge on any atom is -0.497 e. The van der Waals surface area contributed by atoms with Crippen molar-refractivity contribution in [3.63, 3.8) is 0 Å². The molecule has 2 aromatic carbocycles. The van der Waals surface area contributed by atoms with Gasteiger partial charge in [-0.2, -0.15) is 4.98 Å². The summed E-state index contributed by atoms with van der Waals surface area (Å²) >= 11 is 0. The maximum Gasteiger partial charge on any atom is 0.329 e. The van der Waals surface area contributed by atoms with Crippen molar-refractivity contribution in [3.05, 3.63) is 75.3 Å². The van der Waals surface area contributed by atoms with Gasteiger partial charge in [0.05, 0.1) is 25.6 Å². The largest absolute Gasteiger partial charge is 0.497 e. The first-order valence-corrected chi connectivity index (χ1v) is 9.64. The molecule has 5 rings (SSSR count). The highest BCUT2D eigenvalue weighted by molar-refractivity contribution is 5.80. The normalized spacial score (nSPS) is 11.4. The van der Waals surface area contributed by atoms with Crippen molar-refractivity contribution >= 4 is 16.9 Å². The fraction of sp³-hybridized carbons (Fsp3) is 0.136. The van der Waals surface area contributed by atoms with Crippen molar-refractivity contribution in [2.24, 2.45) is 7.05 Å². The molecule has 0 saturated heterocycles. The Balaban J connectivity index is 1.94. The van der Waals surface area contributed by atoms with E-state index >= 15 is 0 Å². The number of fused-ring (bicyclic) bond motifs is 3. The highest BCUT2D eigenvalue weighted by Crippen LogP contribution is 2.35. The van der Waals surface area contributed by atoms with Gasteiger partial charge < -0.3 is 9.47 Å². The van der Waals surface area contributed by atoms with Crippen LogP contribution < -0.4 is 20.7 Å². The van der Waals surface area contributed by atoms with E-state index in [2.05, 4.69) is 9.97 Å². The Bertz CT molecular complexity index is 1610. The molecule has 9 nitrogen and oxygen atoms in total. The van der Waals surface area contributed by atoms with Crippen LogP contribution >= 0.6 is 0 Å². The molecule has 1 N–H and O–H groups in total. The van der Waals surface area contributed by atoms with Gasteiger partial charge in [-0.1, -0.05) is 0 Å². The van der Waals surface area contributed by atoms with Gasteiger partial charge in [0.1, 0.15) is 17.3 Å². The standard InChI is InChI=1S/C22H18FN5O4/c1-26-19-18(20(29)25-22(26)30)27-11-16(12-4-6-13(23)7-5-12)28(21(27)24-19)15-9-8-14(31-2)10-17(15)32-3/h4-11H,1-3H3,(H,25,29,30). The van der Waals surface area contributed by atoms with Crippen LogP contribution in [0, 0.1) is 5.82 Å². The number of aromatic amines is 1. The summed E-state index contributed by atoms with van der Waals surface area (Å²) in [5, 5.41) is 0. The van der Waals surface area contributed by atoms with Gasteiger partial charge in [-0.3, -0.25) is 23.3 Å². The third-order valence-electron chi connectivity index (χ3n) is 5.39. The highest BCUT2D eigenvalue weighted by Gasteiger charge is 2.22. The Morgan fingerprint density at radius 1 is 1.03 bits per heavy atom. The van der Waals surface area contributed by atoms with Gasteiger partial charge in [0, 0.05) is 24.9 Å². The number of hydrogen-bond donors (Lipinski definition) is 1. The topological polar surface area (TPSA) is 95.6 Å². The molecule has 0 amide bonds. The lowest BCUT2D eigenvalue weighted by molar-refractivity contribution is 0.393. The van der Waals surface area contributed by atoms with Gasteiger partial charge in [-0.05, 0) is 36.4 Å². The molecule has 32 heavy (non-hydrogen) atoms. The van der Waals surface area contributed by atoms with Crippen molar-refractivity contribution < 1.29 is 13.9 Å². The van der Waals surface area contributed by atoms with Crippen molar-refractivity contribution in [2.75, 3.05) is 14.2 Å². The first-order valence-electron chi connectivity index (χ1n) is 9.64. The molecule has 0 bridgehead atoms. The molecule has 0 fully saturated rings. The summed E-state index contributed by atoms with van der Waals surface area (Å²) in [6.07, 6.45) is 1.72. The molecule has 162 valence electrons. The van der Waals surface area contributed by atoms with Crippen LogP contribution in [-0.2, 0) is 7.05 Å². The molecule has 0 atom stereocenters. The minimum atomic E-state index is -0.560. The van der Waals surface area contributed by atoms with Crippen LogP contribution in [0.5, 0.6) is 11.5 Å². The fourth-order valence-electron chi connectivity index (χ4n) is 3.79. The summed E-state index contributed by atoms with van der Waals surface area (Å²) in [6.45, 7) is 0. The van der Waals surface area contributed by atoms with Crippen LogP contribution in [0.25, 0.3) is 33.9 Å². The lowest BCUT2D eigenvalue weighted by atomic mass is 10.1. The summed E-state index contributed by atoms with van der Waals surface area (Å²) in [4.78, 5) is 31.6. The monoisotopic (exact) mass is 435 g/mol. The number of ether oxygens (including phenoxy) is 2. The Morgan fingerprint density at radius 3 is 2.47 bits per heavy atom. The highest BCUT2D eigenvalue weighted by atomic mass is 19.1. The summed E-state index contributed by atoms with van der Waals surface area (Å²) in [7, 11) is 4.62. The SMILES string of the molecule is COc1ccc(-n2c(-c3ccc(F)cc3)cn3c4c(=O)[nH]c(=O)n(C)c4nc23)c(OC)c1. The molecule has 5 aromatic rings. The zero-order valence-electron chi connectivity index (χ0n) is 17.4. The number of nitrogens with one attached hydrogen (secondary N) is 1. The average Bonchev–Trinajstić information content (AvgIpc) is 3.34. The van der Waals surface area contributed by atoms with Crippen molar-refractivity contribution in [2.45, 2.75) is 0 Å². The number of hydrogen-bond acceptors (Lipinski definition) is 5. The number of H-pyrrole nitrogens is 1. The predicted molar refractivity (Wildman–Crippen MR) is 116 cm³/mol. The van der Waals surface area contributed by atoms with E-state index in [9.17, 15) is 14.0 Å². The predicted octanol–water partition coefficient (Wildman–Crippen LogP) is 2.49. The van der Waals surface area contributed by atoms with Crippen molar-refractivity contribution in [3.8, 4) is 28.4 Å². The van der Waals surface area contributed by atoms with Crippen LogP contribution in [0.2, 0.25) is 0 Å². The van der Waals surface area contributed by atoms with E-state index < -0.39 is 11.2 Å². The number of nitrogens with zero attached hydrogens (tertiary/aromatic N) is 4. The van der Waals surface area contributed by atoms with E-state index in [1.807, 2.05) is 0 Å². The van der Waals surface area contributed by atoms with E-state index in [0.29, 0.717) is 34.2 Å². The second-order valence-electron chi connectivity index (χ2n) is 7.17. The molecule has 0 spiro atoms. The summed E-state index contributed by atoms with van der Waals surface area (Å²) in [5.74, 6) is 1.12. The second kappa shape index (κ2) is 7.12. The first kappa shape index (κ1) is 19.6. The Hall–Kier alpha value is -4.34. The van der Waals surface area contributed by atoms with E-state index in [-0.39, 0.29) is 17.0 Å². The second-order valence-corrected chi connectivity index (χ2v) is 7.17. The zero-order chi connectivity index (χ0) is 22.6. The van der Waals surface area contributed by atoms with Gasteiger partial charge in [0.2, 0.25) is 5.78 Å². The zero-order valence-corrected chi connectivity index (χ0v) is 17.4. The van der Waals surface area contributed by atoms with Crippen molar-refractivity contribution in [1.29, 1.82) is 0 Å². The number of rotatable bonds is 4. The number of aryl methyl sites for hydroxylation is 1. The molecule has 0 aliphatic heterocycles. The summed E-state index contributed by atoms with van der Waals surface area (Å²) in [6, 6.07) is 11.3. The van der Waals surface area contributed by atoms with Crippen LogP contribution in [-0.4, -0.2) is 37.7 Å². The molecule has 0 unspecified atom stereocenters. The lowest BCUT2D eigenvalue weighted by Crippen LogP contribution is -2.28. The maximum absolute atomic E-state index is 13.6. The van der Waals surface area contributed by atoms with E-state index in [0.717, 1.165) is 0 Å². The fourth-order valence-corrected chi connectivity index (χ4v) is 3.79. The molecule has 10 heteroatoms. The number of benzene rings is 2. The molecule has 0 radical (unpaired) electrons. The third kappa shape index (κ3) is 2.80. The van der Waals surface area contributed by atoms with Crippen LogP contribution in [0.15, 0.2) is 58.3 Å². The van der Waals surface area contributed by atoms with Crippen molar-refractivity contribution in [1.82, 2.24) is 23.5 Å². The van der Waals surface area contributed by atoms with Gasteiger partial charge >= 0.3 is 5.69 Å². The van der Waals surface area contributed by atoms with Crippen LogP contribution in [0.1, 0.15) is 0 Å². The molecule has 3 heterocycles. The van der Waals surface area contributed by atoms with Gasteiger partial charge in [0.15, 0.2) is 11.2 Å². The Labute approximate surface area is 179 Å². The first-order chi connectivity index (χ1) is 15.4. The molecule has 0 aliphatic carbocycles. The summed E-state index contributed by atoms with van der Waals surface area (Å²) in [5.41, 5.74) is 1.31. The van der Waals surface area contributed by atoms with Crippen LogP contribution in [0.3, 0.4) is 0 Å². The molecule has 0 aliphatic rings. The number of methoxy groups -OCH3 is 2. The van der Waals surface area contributed by atoms with Crippen LogP contribution in [0.4, 0.5) is 4.39 Å². The summed E-state index contributed by atoms with van der Waals surface area (Å²) < 4.78 is 29.1. The van der Waals surface area contributed by atoms with E-state index in [1.165, 1.54) is 30.9 Å². The van der Waals surface area contributed by atoms with E-state index in [1.54, 1.807) is 52.6 Å². The van der Waals surface area contributed by atoms with E-state index in [4.69, 9.17) is 9.47 Å². The number of aromatic nitrogens is 5. The third-order valence-corrected chi connectivity index (χ3v) is 5.39. The number of imidazole rings is 2. The van der Waals surface area contributed by atoms with Gasteiger partial charge in [-0.25, -0.2) is 9.18 Å².